The Balaban J connectivity index is 1.63. The number of hydrogen-bond acceptors (Lipinski definition) is 8. The first-order chi connectivity index (χ1) is 17.1. The number of benzene rings is 1. The topological polar surface area (TPSA) is 138 Å². The Morgan fingerprint density at radius 3 is 2.44 bits per heavy atom. The average molecular weight is 538 g/mol. The number of aromatic nitrogens is 2. The zero-order chi connectivity index (χ0) is 26.1. The fraction of sp³-hybridized carbons (Fsp3) is 0.409. The molecule has 192 valence electrons. The molecule has 3 heterocycles. The molecular formula is C22H25Cl2N7O5. The SMILES string of the molecule is COc1cc(OC)c(Cl)c(N2Cc3cnc(NC4CNC(=O)CC4NC(C)=O)nc3N(C)C2=O)c1Cl. The summed E-state index contributed by atoms with van der Waals surface area (Å²) in [4.78, 5) is 48.4. The molecule has 14 heteroatoms. The maximum Gasteiger partial charge on any atom is 0.330 e. The number of hydrogen-bond donors (Lipinski definition) is 3. The molecule has 1 aromatic heterocycles. The Labute approximate surface area is 217 Å². The molecule has 0 bridgehead atoms. The third kappa shape index (κ3) is 4.78. The maximum atomic E-state index is 13.4. The van der Waals surface area contributed by atoms with Crippen molar-refractivity contribution in [2.24, 2.45) is 0 Å². The van der Waals surface area contributed by atoms with E-state index >= 15 is 0 Å². The van der Waals surface area contributed by atoms with Crippen molar-refractivity contribution in [3.63, 3.8) is 0 Å². The van der Waals surface area contributed by atoms with Crippen molar-refractivity contribution < 1.29 is 23.9 Å². The van der Waals surface area contributed by atoms with Crippen LogP contribution in [0.4, 0.5) is 22.2 Å². The van der Waals surface area contributed by atoms with Crippen molar-refractivity contribution in [2.75, 3.05) is 42.9 Å². The largest absolute Gasteiger partial charge is 0.495 e. The van der Waals surface area contributed by atoms with Gasteiger partial charge in [-0.3, -0.25) is 19.4 Å². The number of carbonyl (C=O) groups excluding carboxylic acids is 3. The number of urea groups is 1. The standard InChI is InChI=1S/C22H25Cl2N7O5/c1-10(32)27-12-5-16(33)25-8-13(12)28-21-26-7-11-9-31(22(34)30(2)20(11)29-21)19-17(23)14(35-3)6-15(36-4)18(19)24/h6-7,12-13H,5,8-9H2,1-4H3,(H,25,33)(H,27,32)(H,26,28,29). The Morgan fingerprint density at radius 1 is 1.17 bits per heavy atom. The summed E-state index contributed by atoms with van der Waals surface area (Å²) < 4.78 is 10.7. The van der Waals surface area contributed by atoms with E-state index < -0.39 is 12.1 Å². The highest BCUT2D eigenvalue weighted by Gasteiger charge is 2.36. The second kappa shape index (κ2) is 10.2. The highest BCUT2D eigenvalue weighted by atomic mass is 35.5. The summed E-state index contributed by atoms with van der Waals surface area (Å²) in [6, 6.07) is 0.349. The number of fused-ring (bicyclic) bond motifs is 1. The van der Waals surface area contributed by atoms with Crippen molar-refractivity contribution in [3.05, 3.63) is 27.9 Å². The number of halogens is 2. The van der Waals surface area contributed by atoms with E-state index in [0.29, 0.717) is 22.9 Å². The van der Waals surface area contributed by atoms with Crippen LogP contribution >= 0.6 is 23.2 Å². The van der Waals surface area contributed by atoms with Crippen molar-refractivity contribution in [1.29, 1.82) is 0 Å². The van der Waals surface area contributed by atoms with Gasteiger partial charge in [-0.1, -0.05) is 23.2 Å². The molecule has 1 saturated heterocycles. The Morgan fingerprint density at radius 2 is 1.83 bits per heavy atom. The molecule has 2 aliphatic rings. The molecule has 2 atom stereocenters. The number of nitrogens with zero attached hydrogens (tertiary/aromatic N) is 4. The molecule has 0 spiro atoms. The minimum absolute atomic E-state index is 0.0998. The molecule has 12 nitrogen and oxygen atoms in total. The van der Waals surface area contributed by atoms with Gasteiger partial charge in [-0.15, -0.1) is 0 Å². The second-order valence-electron chi connectivity index (χ2n) is 8.29. The van der Waals surface area contributed by atoms with Gasteiger partial charge in [-0.05, 0) is 0 Å². The van der Waals surface area contributed by atoms with Gasteiger partial charge >= 0.3 is 6.03 Å². The van der Waals surface area contributed by atoms with Crippen molar-refractivity contribution in [1.82, 2.24) is 20.6 Å². The van der Waals surface area contributed by atoms with Crippen LogP contribution in [0.5, 0.6) is 11.5 Å². The molecule has 2 aromatic rings. The molecule has 3 N–H and O–H groups in total. The Kier molecular flexibility index (Phi) is 7.27. The summed E-state index contributed by atoms with van der Waals surface area (Å²) in [5.74, 6) is 0.848. The summed E-state index contributed by atoms with van der Waals surface area (Å²) >= 11 is 13.1. The molecule has 0 aliphatic carbocycles. The van der Waals surface area contributed by atoms with Crippen LogP contribution in [0.15, 0.2) is 12.3 Å². The van der Waals surface area contributed by atoms with Crippen LogP contribution in [0.25, 0.3) is 0 Å². The van der Waals surface area contributed by atoms with Gasteiger partial charge in [0.25, 0.3) is 0 Å². The predicted molar refractivity (Wildman–Crippen MR) is 134 cm³/mol. The number of nitrogens with one attached hydrogen (secondary N) is 3. The number of methoxy groups -OCH3 is 2. The molecule has 1 aromatic carbocycles. The first kappa shape index (κ1) is 25.6. The smallest absolute Gasteiger partial charge is 0.330 e. The molecule has 2 aliphatic heterocycles. The summed E-state index contributed by atoms with van der Waals surface area (Å²) in [6.45, 7) is 1.77. The third-order valence-electron chi connectivity index (χ3n) is 5.94. The third-order valence-corrected chi connectivity index (χ3v) is 6.67. The number of ether oxygens (including phenoxy) is 2. The van der Waals surface area contributed by atoms with Gasteiger partial charge < -0.3 is 25.4 Å². The lowest BCUT2D eigenvalue weighted by molar-refractivity contribution is -0.124. The zero-order valence-electron chi connectivity index (χ0n) is 20.0. The monoisotopic (exact) mass is 537 g/mol. The van der Waals surface area contributed by atoms with Crippen LogP contribution in [-0.2, 0) is 16.1 Å². The number of piperidine rings is 1. The summed E-state index contributed by atoms with van der Waals surface area (Å²) in [7, 11) is 4.48. The normalized spacial score (nSPS) is 19.4. The summed E-state index contributed by atoms with van der Waals surface area (Å²) in [6.07, 6.45) is 1.72. The van der Waals surface area contributed by atoms with E-state index in [2.05, 4.69) is 25.9 Å². The van der Waals surface area contributed by atoms with Crippen molar-refractivity contribution in [3.8, 4) is 11.5 Å². The van der Waals surface area contributed by atoms with Crippen molar-refractivity contribution in [2.45, 2.75) is 32.0 Å². The van der Waals surface area contributed by atoms with E-state index in [1.807, 2.05) is 0 Å². The number of amides is 4. The van der Waals surface area contributed by atoms with Gasteiger partial charge in [0.2, 0.25) is 17.8 Å². The number of carbonyl (C=O) groups is 3. The lowest BCUT2D eigenvalue weighted by Crippen LogP contribution is -2.57. The maximum absolute atomic E-state index is 13.4. The quantitative estimate of drug-likeness (QED) is 0.509. The molecule has 0 saturated carbocycles. The first-order valence-electron chi connectivity index (χ1n) is 11.0. The van der Waals surface area contributed by atoms with E-state index in [9.17, 15) is 14.4 Å². The molecule has 2 unspecified atom stereocenters. The van der Waals surface area contributed by atoms with Gasteiger partial charge in [0.15, 0.2) is 0 Å². The molecule has 36 heavy (non-hydrogen) atoms. The average Bonchev–Trinajstić information content (AvgIpc) is 2.84. The van der Waals surface area contributed by atoms with Gasteiger partial charge in [0.1, 0.15) is 27.4 Å². The van der Waals surface area contributed by atoms with Gasteiger partial charge in [-0.2, -0.15) is 4.98 Å². The fourth-order valence-corrected chi connectivity index (χ4v) is 4.88. The van der Waals surface area contributed by atoms with Crippen LogP contribution in [0.1, 0.15) is 18.9 Å². The minimum atomic E-state index is -0.432. The van der Waals surface area contributed by atoms with Crippen molar-refractivity contribution >= 4 is 58.5 Å². The Hall–Kier alpha value is -3.51. The number of anilines is 3. The van der Waals surface area contributed by atoms with Gasteiger partial charge in [0, 0.05) is 44.8 Å². The van der Waals surface area contributed by atoms with Crippen LogP contribution in [0, 0.1) is 0 Å². The van der Waals surface area contributed by atoms with Crippen LogP contribution in [0.3, 0.4) is 0 Å². The number of rotatable bonds is 6. The fourth-order valence-electron chi connectivity index (χ4n) is 4.17. The van der Waals surface area contributed by atoms with E-state index in [4.69, 9.17) is 32.7 Å². The Bertz CT molecular complexity index is 1200. The van der Waals surface area contributed by atoms with E-state index in [0.717, 1.165) is 0 Å². The van der Waals surface area contributed by atoms with E-state index in [-0.39, 0.29) is 59.0 Å². The molecule has 1 fully saturated rings. The first-order valence-corrected chi connectivity index (χ1v) is 11.7. The summed E-state index contributed by atoms with van der Waals surface area (Å²) in [5, 5.41) is 9.02. The van der Waals surface area contributed by atoms with Crippen LogP contribution in [-0.4, -0.2) is 67.7 Å². The van der Waals surface area contributed by atoms with E-state index in [1.165, 1.54) is 30.9 Å². The van der Waals surface area contributed by atoms with Crippen LogP contribution < -0.4 is 35.2 Å². The lowest BCUT2D eigenvalue weighted by Gasteiger charge is -2.36. The summed E-state index contributed by atoms with van der Waals surface area (Å²) in [5.41, 5.74) is 0.891. The predicted octanol–water partition coefficient (Wildman–Crippen LogP) is 2.18. The molecule has 4 amide bonds. The van der Waals surface area contributed by atoms with Gasteiger partial charge in [0.05, 0.1) is 38.5 Å². The molecule has 4 rings (SSSR count). The zero-order valence-corrected chi connectivity index (χ0v) is 21.5. The second-order valence-corrected chi connectivity index (χ2v) is 9.05. The minimum Gasteiger partial charge on any atom is -0.495 e. The van der Waals surface area contributed by atoms with E-state index in [1.54, 1.807) is 19.3 Å². The highest BCUT2D eigenvalue weighted by molar-refractivity contribution is 6.42. The molecular weight excluding hydrogens is 513 g/mol. The molecule has 0 radical (unpaired) electrons. The van der Waals surface area contributed by atoms with Crippen LogP contribution in [0.2, 0.25) is 10.0 Å². The lowest BCUT2D eigenvalue weighted by atomic mass is 10.0. The van der Waals surface area contributed by atoms with Gasteiger partial charge in [-0.25, -0.2) is 9.78 Å². The highest BCUT2D eigenvalue weighted by Crippen LogP contribution is 2.47.